The number of aromatic amines is 1. The first-order valence-corrected chi connectivity index (χ1v) is 10.1. The first-order chi connectivity index (χ1) is 12.7. The van der Waals surface area contributed by atoms with Crippen LogP contribution in [0.3, 0.4) is 0 Å². The highest BCUT2D eigenvalue weighted by Gasteiger charge is 2.41. The van der Waals surface area contributed by atoms with Crippen LogP contribution in [0.5, 0.6) is 0 Å². The van der Waals surface area contributed by atoms with E-state index in [0.717, 1.165) is 23.0 Å². The SMILES string of the molecule is Cc1ccccc1C(=O)n1c(=O)[nH]c2ccc(S(=O)(=O)NC3(C)CC3)cc21. The summed E-state index contributed by atoms with van der Waals surface area (Å²) in [7, 11) is -3.74. The maximum Gasteiger partial charge on any atom is 0.333 e. The van der Waals surface area contributed by atoms with Gasteiger partial charge in [0.1, 0.15) is 0 Å². The number of fused-ring (bicyclic) bond motifs is 1. The van der Waals surface area contributed by atoms with Gasteiger partial charge in [-0.25, -0.2) is 22.5 Å². The van der Waals surface area contributed by atoms with Gasteiger partial charge < -0.3 is 4.98 Å². The highest BCUT2D eigenvalue weighted by molar-refractivity contribution is 7.89. The summed E-state index contributed by atoms with van der Waals surface area (Å²) in [6.45, 7) is 3.63. The number of aromatic nitrogens is 2. The van der Waals surface area contributed by atoms with Crippen molar-refractivity contribution in [2.75, 3.05) is 0 Å². The molecule has 0 bridgehead atoms. The van der Waals surface area contributed by atoms with E-state index in [1.807, 2.05) is 6.92 Å². The molecule has 1 aliphatic rings. The zero-order valence-electron chi connectivity index (χ0n) is 14.9. The third kappa shape index (κ3) is 3.11. The molecule has 27 heavy (non-hydrogen) atoms. The predicted octanol–water partition coefficient (Wildman–Crippen LogP) is 2.16. The van der Waals surface area contributed by atoms with E-state index in [9.17, 15) is 18.0 Å². The molecule has 1 aliphatic carbocycles. The van der Waals surface area contributed by atoms with Gasteiger partial charge in [-0.3, -0.25) is 4.79 Å². The molecule has 1 saturated carbocycles. The zero-order valence-corrected chi connectivity index (χ0v) is 15.8. The average molecular weight is 385 g/mol. The van der Waals surface area contributed by atoms with Crippen molar-refractivity contribution in [3.8, 4) is 0 Å². The molecule has 4 rings (SSSR count). The second-order valence-electron chi connectivity index (χ2n) is 7.23. The lowest BCUT2D eigenvalue weighted by molar-refractivity contribution is 0.0960. The normalized spacial score (nSPS) is 15.8. The second kappa shape index (κ2) is 5.90. The molecule has 3 aromatic rings. The Bertz CT molecular complexity index is 1230. The van der Waals surface area contributed by atoms with Gasteiger partial charge in [0.2, 0.25) is 10.0 Å². The third-order valence-electron chi connectivity index (χ3n) is 4.92. The first-order valence-electron chi connectivity index (χ1n) is 8.59. The largest absolute Gasteiger partial charge is 0.333 e. The fraction of sp³-hybridized carbons (Fsp3) is 0.263. The van der Waals surface area contributed by atoms with Crippen LogP contribution < -0.4 is 10.4 Å². The Morgan fingerprint density at radius 2 is 1.89 bits per heavy atom. The number of carbonyl (C=O) groups excluding carboxylic acids is 1. The summed E-state index contributed by atoms with van der Waals surface area (Å²) in [5.41, 5.74) is 0.737. The van der Waals surface area contributed by atoms with Gasteiger partial charge in [0.15, 0.2) is 0 Å². The second-order valence-corrected chi connectivity index (χ2v) is 8.91. The molecule has 0 spiro atoms. The fourth-order valence-electron chi connectivity index (χ4n) is 3.06. The van der Waals surface area contributed by atoms with E-state index in [1.165, 1.54) is 18.2 Å². The van der Waals surface area contributed by atoms with Crippen LogP contribution in [0.25, 0.3) is 11.0 Å². The van der Waals surface area contributed by atoms with Crippen molar-refractivity contribution in [1.29, 1.82) is 0 Å². The predicted molar refractivity (Wildman–Crippen MR) is 101 cm³/mol. The van der Waals surface area contributed by atoms with Crippen molar-refractivity contribution in [2.45, 2.75) is 37.1 Å². The van der Waals surface area contributed by atoms with E-state index < -0.39 is 27.2 Å². The number of H-pyrrole nitrogens is 1. The molecule has 1 heterocycles. The Balaban J connectivity index is 1.85. The molecule has 0 aliphatic heterocycles. The Morgan fingerprint density at radius 1 is 1.19 bits per heavy atom. The van der Waals surface area contributed by atoms with Crippen LogP contribution in [0.15, 0.2) is 52.2 Å². The summed E-state index contributed by atoms with van der Waals surface area (Å²) in [6, 6.07) is 11.2. The Labute approximate surface area is 156 Å². The molecular weight excluding hydrogens is 366 g/mol. The number of nitrogens with one attached hydrogen (secondary N) is 2. The van der Waals surface area contributed by atoms with Crippen LogP contribution in [0.4, 0.5) is 0 Å². The molecule has 2 aromatic carbocycles. The van der Waals surface area contributed by atoms with Crippen LogP contribution in [0, 0.1) is 6.92 Å². The number of aryl methyl sites for hydroxylation is 1. The van der Waals surface area contributed by atoms with Crippen molar-refractivity contribution < 1.29 is 13.2 Å². The van der Waals surface area contributed by atoms with E-state index in [2.05, 4.69) is 9.71 Å². The zero-order chi connectivity index (χ0) is 19.4. The van der Waals surface area contributed by atoms with Gasteiger partial charge in [0, 0.05) is 11.1 Å². The highest BCUT2D eigenvalue weighted by Crippen LogP contribution is 2.36. The summed E-state index contributed by atoms with van der Waals surface area (Å²) in [5, 5.41) is 0. The maximum atomic E-state index is 12.9. The van der Waals surface area contributed by atoms with Crippen LogP contribution in [-0.2, 0) is 10.0 Å². The minimum Gasteiger partial charge on any atom is -0.305 e. The molecule has 1 fully saturated rings. The molecular formula is C19H19N3O4S. The number of imidazole rings is 1. The Kier molecular flexibility index (Phi) is 3.87. The Hall–Kier alpha value is -2.71. The highest BCUT2D eigenvalue weighted by atomic mass is 32.2. The molecule has 0 radical (unpaired) electrons. The van der Waals surface area contributed by atoms with Crippen molar-refractivity contribution in [3.63, 3.8) is 0 Å². The quantitative estimate of drug-likeness (QED) is 0.719. The number of nitrogens with zero attached hydrogens (tertiary/aromatic N) is 1. The standard InChI is InChI=1S/C19H19N3O4S/c1-12-5-3-4-6-14(12)17(23)22-16-11-13(7-8-15(16)20-18(22)24)27(25,26)21-19(2)9-10-19/h3-8,11,21H,9-10H2,1-2H3,(H,20,24). The molecule has 2 N–H and O–H groups in total. The minimum atomic E-state index is -3.74. The number of sulfonamides is 1. The van der Waals surface area contributed by atoms with Gasteiger partial charge in [-0.15, -0.1) is 0 Å². The van der Waals surface area contributed by atoms with Crippen LogP contribution in [0.2, 0.25) is 0 Å². The number of hydrogen-bond donors (Lipinski definition) is 2. The molecule has 7 nitrogen and oxygen atoms in total. The number of carbonyl (C=O) groups is 1. The third-order valence-corrected chi connectivity index (χ3v) is 6.56. The Morgan fingerprint density at radius 3 is 2.56 bits per heavy atom. The van der Waals surface area contributed by atoms with Crippen molar-refractivity contribution in [3.05, 3.63) is 64.1 Å². The van der Waals surface area contributed by atoms with Crippen molar-refractivity contribution in [2.24, 2.45) is 0 Å². The van der Waals surface area contributed by atoms with Gasteiger partial charge >= 0.3 is 5.69 Å². The van der Waals surface area contributed by atoms with Crippen molar-refractivity contribution in [1.82, 2.24) is 14.3 Å². The summed E-state index contributed by atoms with van der Waals surface area (Å²) in [4.78, 5) is 28.0. The van der Waals surface area contributed by atoms with Gasteiger partial charge in [-0.1, -0.05) is 18.2 Å². The molecule has 0 amide bonds. The molecule has 0 saturated heterocycles. The van der Waals surface area contributed by atoms with Crippen LogP contribution in [0.1, 0.15) is 35.7 Å². The van der Waals surface area contributed by atoms with Crippen molar-refractivity contribution >= 4 is 27.0 Å². The lowest BCUT2D eigenvalue weighted by atomic mass is 10.1. The van der Waals surface area contributed by atoms with Gasteiger partial charge in [-0.2, -0.15) is 0 Å². The molecule has 0 unspecified atom stereocenters. The smallest absolute Gasteiger partial charge is 0.305 e. The number of rotatable bonds is 4. The van der Waals surface area contributed by atoms with Crippen LogP contribution >= 0.6 is 0 Å². The molecule has 140 valence electrons. The maximum absolute atomic E-state index is 12.9. The topological polar surface area (TPSA) is 101 Å². The van der Waals surface area contributed by atoms with Crippen LogP contribution in [-0.4, -0.2) is 29.4 Å². The van der Waals surface area contributed by atoms with E-state index in [1.54, 1.807) is 31.2 Å². The summed E-state index contributed by atoms with van der Waals surface area (Å²) in [6.07, 6.45) is 1.57. The van der Waals surface area contributed by atoms with Gasteiger partial charge in [0.25, 0.3) is 5.91 Å². The molecule has 1 aromatic heterocycles. The minimum absolute atomic E-state index is 0.0217. The number of benzene rings is 2. The molecule has 0 atom stereocenters. The van der Waals surface area contributed by atoms with E-state index >= 15 is 0 Å². The lowest BCUT2D eigenvalue weighted by Gasteiger charge is -2.12. The van der Waals surface area contributed by atoms with E-state index in [-0.39, 0.29) is 10.4 Å². The fourth-order valence-corrected chi connectivity index (χ4v) is 4.54. The summed E-state index contributed by atoms with van der Waals surface area (Å²) in [5.74, 6) is -0.499. The van der Waals surface area contributed by atoms with E-state index in [0.29, 0.717) is 11.1 Å². The van der Waals surface area contributed by atoms with Gasteiger partial charge in [0.05, 0.1) is 15.9 Å². The monoisotopic (exact) mass is 385 g/mol. The first kappa shape index (κ1) is 17.7. The van der Waals surface area contributed by atoms with Gasteiger partial charge in [-0.05, 0) is 56.5 Å². The summed E-state index contributed by atoms with van der Waals surface area (Å²) >= 11 is 0. The lowest BCUT2D eigenvalue weighted by Crippen LogP contribution is -2.34. The molecule has 8 heteroatoms. The summed E-state index contributed by atoms with van der Waals surface area (Å²) < 4.78 is 29.0. The average Bonchev–Trinajstić information content (AvgIpc) is 3.22. The van der Waals surface area contributed by atoms with E-state index in [4.69, 9.17) is 0 Å². The number of hydrogen-bond acceptors (Lipinski definition) is 4.